The molecule has 13 heavy (non-hydrogen) atoms. The lowest BCUT2D eigenvalue weighted by Gasteiger charge is -2.03. The zero-order valence-corrected chi connectivity index (χ0v) is 7.93. The third-order valence-electron chi connectivity index (χ3n) is 1.38. The van der Waals surface area contributed by atoms with E-state index < -0.39 is 10.1 Å². The van der Waals surface area contributed by atoms with Crippen molar-refractivity contribution in [2.24, 2.45) is 5.84 Å². The SMILES string of the molecule is NNc1ccc(Cl)c(S(=O)(=O)O)c1. The second kappa shape index (κ2) is 3.51. The maximum absolute atomic E-state index is 10.7. The van der Waals surface area contributed by atoms with Crippen molar-refractivity contribution in [1.29, 1.82) is 0 Å². The second-order valence-electron chi connectivity index (χ2n) is 2.26. The van der Waals surface area contributed by atoms with Gasteiger partial charge in [0.1, 0.15) is 4.90 Å². The minimum Gasteiger partial charge on any atom is -0.324 e. The normalized spacial score (nSPS) is 11.3. The first-order valence-electron chi connectivity index (χ1n) is 3.19. The van der Waals surface area contributed by atoms with Gasteiger partial charge in [0.2, 0.25) is 0 Å². The third-order valence-corrected chi connectivity index (χ3v) is 2.71. The average molecular weight is 223 g/mol. The van der Waals surface area contributed by atoms with Gasteiger partial charge in [-0.3, -0.25) is 10.4 Å². The van der Waals surface area contributed by atoms with Crippen molar-refractivity contribution < 1.29 is 13.0 Å². The van der Waals surface area contributed by atoms with Crippen LogP contribution >= 0.6 is 11.6 Å². The van der Waals surface area contributed by atoms with Crippen LogP contribution in [0.3, 0.4) is 0 Å². The standard InChI is InChI=1S/C6H7ClN2O3S/c7-5-2-1-4(9-8)3-6(5)13(10,11)12/h1-3,9H,8H2,(H,10,11,12). The molecule has 0 aliphatic rings. The number of hydrazine groups is 1. The summed E-state index contributed by atoms with van der Waals surface area (Å²) < 4.78 is 30.2. The van der Waals surface area contributed by atoms with E-state index in [0.717, 1.165) is 6.07 Å². The van der Waals surface area contributed by atoms with Gasteiger partial charge < -0.3 is 5.43 Å². The molecule has 0 amide bonds. The van der Waals surface area contributed by atoms with Crippen molar-refractivity contribution in [3.8, 4) is 0 Å². The predicted molar refractivity (Wildman–Crippen MR) is 49.1 cm³/mol. The van der Waals surface area contributed by atoms with Gasteiger partial charge >= 0.3 is 0 Å². The van der Waals surface area contributed by atoms with Crippen LogP contribution in [0.2, 0.25) is 5.02 Å². The number of anilines is 1. The Balaban J connectivity index is 3.36. The van der Waals surface area contributed by atoms with E-state index in [2.05, 4.69) is 5.43 Å². The van der Waals surface area contributed by atoms with Crippen LogP contribution in [0.5, 0.6) is 0 Å². The Labute approximate surface area is 80.2 Å². The molecule has 0 aliphatic carbocycles. The molecule has 0 spiro atoms. The van der Waals surface area contributed by atoms with Crippen molar-refractivity contribution in [2.45, 2.75) is 4.90 Å². The Morgan fingerprint density at radius 1 is 1.46 bits per heavy atom. The molecule has 1 rings (SSSR count). The summed E-state index contributed by atoms with van der Waals surface area (Å²) in [5.41, 5.74) is 2.58. The highest BCUT2D eigenvalue weighted by Gasteiger charge is 2.14. The number of hydrogen-bond donors (Lipinski definition) is 3. The van der Waals surface area contributed by atoms with E-state index in [9.17, 15) is 8.42 Å². The summed E-state index contributed by atoms with van der Waals surface area (Å²) in [7, 11) is -4.29. The number of hydrogen-bond acceptors (Lipinski definition) is 4. The molecule has 0 heterocycles. The van der Waals surface area contributed by atoms with Crippen molar-refractivity contribution >= 4 is 27.4 Å². The van der Waals surface area contributed by atoms with Crippen molar-refractivity contribution in [1.82, 2.24) is 0 Å². The van der Waals surface area contributed by atoms with Crippen LogP contribution in [-0.2, 0) is 10.1 Å². The molecule has 72 valence electrons. The molecule has 0 radical (unpaired) electrons. The molecule has 0 saturated heterocycles. The van der Waals surface area contributed by atoms with Crippen molar-refractivity contribution in [3.63, 3.8) is 0 Å². The Hall–Kier alpha value is -0.820. The lowest BCUT2D eigenvalue weighted by Crippen LogP contribution is -2.08. The number of halogens is 1. The van der Waals surface area contributed by atoms with E-state index in [0.29, 0.717) is 5.69 Å². The molecule has 4 N–H and O–H groups in total. The smallest absolute Gasteiger partial charge is 0.296 e. The van der Waals surface area contributed by atoms with Gasteiger partial charge in [0.05, 0.1) is 5.02 Å². The van der Waals surface area contributed by atoms with Gasteiger partial charge in [-0.15, -0.1) is 0 Å². The Kier molecular flexibility index (Phi) is 2.77. The molecular formula is C6H7ClN2O3S. The minimum atomic E-state index is -4.29. The fourth-order valence-corrected chi connectivity index (χ4v) is 1.79. The molecule has 1 aromatic carbocycles. The lowest BCUT2D eigenvalue weighted by molar-refractivity contribution is 0.483. The van der Waals surface area contributed by atoms with E-state index in [1.165, 1.54) is 12.1 Å². The highest BCUT2D eigenvalue weighted by Crippen LogP contribution is 2.23. The van der Waals surface area contributed by atoms with Gasteiger partial charge in [-0.25, -0.2) is 0 Å². The van der Waals surface area contributed by atoms with Gasteiger partial charge in [0.25, 0.3) is 10.1 Å². The van der Waals surface area contributed by atoms with Crippen LogP contribution in [0, 0.1) is 0 Å². The van der Waals surface area contributed by atoms with Crippen LogP contribution in [0.4, 0.5) is 5.69 Å². The van der Waals surface area contributed by atoms with E-state index in [1.807, 2.05) is 0 Å². The first-order chi connectivity index (χ1) is 5.95. The number of nitrogens with one attached hydrogen (secondary N) is 1. The fourth-order valence-electron chi connectivity index (χ4n) is 0.791. The maximum atomic E-state index is 10.7. The molecule has 0 saturated carbocycles. The topological polar surface area (TPSA) is 92.4 Å². The van der Waals surface area contributed by atoms with Crippen LogP contribution in [0.1, 0.15) is 0 Å². The molecule has 1 aromatic rings. The van der Waals surface area contributed by atoms with Crippen LogP contribution in [0.25, 0.3) is 0 Å². The molecule has 0 aliphatic heterocycles. The summed E-state index contributed by atoms with van der Waals surface area (Å²) in [4.78, 5) is -0.371. The van der Waals surface area contributed by atoms with Gasteiger partial charge in [-0.2, -0.15) is 8.42 Å². The van der Waals surface area contributed by atoms with E-state index in [4.69, 9.17) is 22.0 Å². The Morgan fingerprint density at radius 3 is 2.54 bits per heavy atom. The van der Waals surface area contributed by atoms with Gasteiger partial charge in [0.15, 0.2) is 0 Å². The molecule has 0 fully saturated rings. The molecule has 5 nitrogen and oxygen atoms in total. The predicted octanol–water partition coefficient (Wildman–Crippen LogP) is 0.872. The summed E-state index contributed by atoms with van der Waals surface area (Å²) in [6, 6.07) is 3.94. The summed E-state index contributed by atoms with van der Waals surface area (Å²) in [5.74, 6) is 5.04. The lowest BCUT2D eigenvalue weighted by atomic mass is 10.3. The van der Waals surface area contributed by atoms with Crippen LogP contribution in [-0.4, -0.2) is 13.0 Å². The molecule has 0 unspecified atom stereocenters. The summed E-state index contributed by atoms with van der Waals surface area (Å²) >= 11 is 5.53. The molecule has 0 bridgehead atoms. The highest BCUT2D eigenvalue weighted by molar-refractivity contribution is 7.86. The van der Waals surface area contributed by atoms with Crippen molar-refractivity contribution in [3.05, 3.63) is 23.2 Å². The van der Waals surface area contributed by atoms with Crippen molar-refractivity contribution in [2.75, 3.05) is 5.43 Å². The van der Waals surface area contributed by atoms with Gasteiger partial charge in [0, 0.05) is 5.69 Å². The summed E-state index contributed by atoms with van der Waals surface area (Å²) in [6.07, 6.45) is 0. The zero-order valence-electron chi connectivity index (χ0n) is 6.36. The quantitative estimate of drug-likeness (QED) is 0.392. The van der Waals surface area contributed by atoms with Gasteiger partial charge in [-0.05, 0) is 18.2 Å². The molecule has 0 aromatic heterocycles. The van der Waals surface area contributed by atoms with E-state index in [1.54, 1.807) is 0 Å². The second-order valence-corrected chi connectivity index (χ2v) is 4.06. The Morgan fingerprint density at radius 2 is 2.08 bits per heavy atom. The molecular weight excluding hydrogens is 216 g/mol. The molecule has 7 heteroatoms. The number of benzene rings is 1. The average Bonchev–Trinajstić information content (AvgIpc) is 2.03. The zero-order chi connectivity index (χ0) is 10.1. The number of rotatable bonds is 2. The number of nitrogens with two attached hydrogens (primary N) is 1. The third kappa shape index (κ3) is 2.31. The number of nitrogen functional groups attached to an aromatic ring is 1. The van der Waals surface area contributed by atoms with E-state index >= 15 is 0 Å². The monoisotopic (exact) mass is 222 g/mol. The largest absolute Gasteiger partial charge is 0.324 e. The first kappa shape index (κ1) is 10.3. The Bertz CT molecular complexity index is 418. The van der Waals surface area contributed by atoms with Crippen LogP contribution in [0.15, 0.2) is 23.1 Å². The highest BCUT2D eigenvalue weighted by atomic mass is 35.5. The minimum absolute atomic E-state index is 0.0542. The maximum Gasteiger partial charge on any atom is 0.296 e. The first-order valence-corrected chi connectivity index (χ1v) is 5.00. The van der Waals surface area contributed by atoms with E-state index in [-0.39, 0.29) is 9.92 Å². The summed E-state index contributed by atoms with van der Waals surface area (Å²) in [6.45, 7) is 0. The summed E-state index contributed by atoms with van der Waals surface area (Å²) in [5, 5.41) is -0.0542. The fraction of sp³-hybridized carbons (Fsp3) is 0. The molecule has 0 atom stereocenters. The van der Waals surface area contributed by atoms with Gasteiger partial charge in [-0.1, -0.05) is 11.6 Å². The van der Waals surface area contributed by atoms with Crippen LogP contribution < -0.4 is 11.3 Å².